The van der Waals surface area contributed by atoms with Gasteiger partial charge in [0.1, 0.15) is 11.8 Å². The summed E-state index contributed by atoms with van der Waals surface area (Å²) in [7, 11) is 0. The van der Waals surface area contributed by atoms with Crippen LogP contribution in [0.1, 0.15) is 43.9 Å². The maximum absolute atomic E-state index is 8.95. The molecule has 1 fully saturated rings. The highest BCUT2D eigenvalue weighted by Gasteiger charge is 2.17. The third-order valence-electron chi connectivity index (χ3n) is 3.59. The van der Waals surface area contributed by atoms with Crippen LogP contribution in [0.3, 0.4) is 0 Å². The molecule has 1 aliphatic carbocycles. The first kappa shape index (κ1) is 12.1. The molecule has 0 radical (unpaired) electrons. The molecule has 1 saturated carbocycles. The number of hydrogen-bond acceptors (Lipinski definition) is 3. The number of nitrogens with one attached hydrogen (secondary N) is 1. The van der Waals surface area contributed by atoms with Crippen molar-refractivity contribution in [2.45, 2.75) is 45.2 Å². The van der Waals surface area contributed by atoms with E-state index in [0.717, 1.165) is 18.0 Å². The smallest absolute Gasteiger partial charge is 0.144 e. The van der Waals surface area contributed by atoms with E-state index < -0.39 is 0 Å². The molecule has 3 heteroatoms. The van der Waals surface area contributed by atoms with Crippen LogP contribution in [0.2, 0.25) is 0 Å². The first-order valence-electron chi connectivity index (χ1n) is 6.37. The minimum atomic E-state index is 0.546. The number of nitriles is 1. The molecule has 17 heavy (non-hydrogen) atoms. The zero-order chi connectivity index (χ0) is 12.1. The predicted molar refractivity (Wildman–Crippen MR) is 67.2 cm³/mol. The Morgan fingerprint density at radius 3 is 2.88 bits per heavy atom. The van der Waals surface area contributed by atoms with Crippen molar-refractivity contribution >= 4 is 0 Å². The average molecular weight is 229 g/mol. The Balaban J connectivity index is 1.88. The summed E-state index contributed by atoms with van der Waals surface area (Å²) >= 11 is 0. The van der Waals surface area contributed by atoms with Gasteiger partial charge in [0.05, 0.1) is 0 Å². The standard InChI is InChI=1S/C14H19N3/c1-11-4-6-13(7-5-11)17-10-12-3-2-8-16-14(12)9-15/h2-3,8,11,13,17H,4-7,10H2,1H3. The van der Waals surface area contributed by atoms with Gasteiger partial charge < -0.3 is 5.32 Å². The van der Waals surface area contributed by atoms with Crippen molar-refractivity contribution in [2.24, 2.45) is 5.92 Å². The van der Waals surface area contributed by atoms with Gasteiger partial charge in [-0.15, -0.1) is 0 Å². The molecule has 0 unspecified atom stereocenters. The average Bonchev–Trinajstić information content (AvgIpc) is 2.38. The van der Waals surface area contributed by atoms with Crippen LogP contribution >= 0.6 is 0 Å². The number of nitrogens with zero attached hydrogens (tertiary/aromatic N) is 2. The van der Waals surface area contributed by atoms with Gasteiger partial charge in [0.25, 0.3) is 0 Å². The second kappa shape index (κ2) is 5.79. The fourth-order valence-electron chi connectivity index (χ4n) is 2.40. The largest absolute Gasteiger partial charge is 0.310 e. The quantitative estimate of drug-likeness (QED) is 0.866. The Kier molecular flexibility index (Phi) is 4.11. The van der Waals surface area contributed by atoms with Crippen LogP contribution in [0.25, 0.3) is 0 Å². The lowest BCUT2D eigenvalue weighted by atomic mass is 9.87. The van der Waals surface area contributed by atoms with Gasteiger partial charge in [-0.05, 0) is 37.7 Å². The van der Waals surface area contributed by atoms with Crippen molar-refractivity contribution in [3.63, 3.8) is 0 Å². The third-order valence-corrected chi connectivity index (χ3v) is 3.59. The van der Waals surface area contributed by atoms with Gasteiger partial charge in [0.15, 0.2) is 0 Å². The summed E-state index contributed by atoms with van der Waals surface area (Å²) in [6.07, 6.45) is 6.81. The Morgan fingerprint density at radius 1 is 1.41 bits per heavy atom. The van der Waals surface area contributed by atoms with Gasteiger partial charge in [0.2, 0.25) is 0 Å². The molecule has 0 aromatic carbocycles. The zero-order valence-corrected chi connectivity index (χ0v) is 10.3. The molecule has 0 spiro atoms. The van der Waals surface area contributed by atoms with Gasteiger partial charge in [-0.2, -0.15) is 5.26 Å². The Hall–Kier alpha value is -1.40. The number of pyridine rings is 1. The summed E-state index contributed by atoms with van der Waals surface area (Å²) in [5, 5.41) is 12.5. The van der Waals surface area contributed by atoms with E-state index in [0.29, 0.717) is 11.7 Å². The number of aromatic nitrogens is 1. The third kappa shape index (κ3) is 3.28. The molecule has 0 saturated heterocycles. The van der Waals surface area contributed by atoms with Crippen LogP contribution in [0.5, 0.6) is 0 Å². The van der Waals surface area contributed by atoms with Gasteiger partial charge >= 0.3 is 0 Å². The maximum Gasteiger partial charge on any atom is 0.144 e. The van der Waals surface area contributed by atoms with Gasteiger partial charge in [-0.25, -0.2) is 4.98 Å². The van der Waals surface area contributed by atoms with Crippen LogP contribution in [0, 0.1) is 17.2 Å². The van der Waals surface area contributed by atoms with E-state index in [9.17, 15) is 0 Å². The van der Waals surface area contributed by atoms with Gasteiger partial charge in [0, 0.05) is 24.3 Å². The Bertz CT molecular complexity index is 400. The van der Waals surface area contributed by atoms with E-state index in [2.05, 4.69) is 23.3 Å². The second-order valence-corrected chi connectivity index (χ2v) is 4.96. The molecule has 0 amide bonds. The summed E-state index contributed by atoms with van der Waals surface area (Å²) in [5.74, 6) is 0.876. The Morgan fingerprint density at radius 2 is 2.18 bits per heavy atom. The van der Waals surface area contributed by atoms with Crippen LogP contribution in [0.4, 0.5) is 0 Å². The molecule has 0 bridgehead atoms. The van der Waals surface area contributed by atoms with E-state index in [-0.39, 0.29) is 0 Å². The second-order valence-electron chi connectivity index (χ2n) is 4.96. The summed E-state index contributed by atoms with van der Waals surface area (Å²) in [5.41, 5.74) is 1.55. The topological polar surface area (TPSA) is 48.7 Å². The SMILES string of the molecule is CC1CCC(NCc2cccnc2C#N)CC1. The van der Waals surface area contributed by atoms with Crippen molar-refractivity contribution in [2.75, 3.05) is 0 Å². The molecule has 1 N–H and O–H groups in total. The Labute approximate surface area is 103 Å². The normalized spacial score (nSPS) is 24.2. The monoisotopic (exact) mass is 229 g/mol. The van der Waals surface area contributed by atoms with Crippen LogP contribution < -0.4 is 5.32 Å². The van der Waals surface area contributed by atoms with Crippen molar-refractivity contribution in [3.05, 3.63) is 29.6 Å². The van der Waals surface area contributed by atoms with Gasteiger partial charge in [-0.1, -0.05) is 13.0 Å². The van der Waals surface area contributed by atoms with Crippen molar-refractivity contribution in [1.82, 2.24) is 10.3 Å². The molecule has 2 rings (SSSR count). The summed E-state index contributed by atoms with van der Waals surface area (Å²) in [4.78, 5) is 4.07. The van der Waals surface area contributed by atoms with E-state index in [4.69, 9.17) is 5.26 Å². The fraction of sp³-hybridized carbons (Fsp3) is 0.571. The molecule has 90 valence electrons. The lowest BCUT2D eigenvalue weighted by molar-refractivity contribution is 0.306. The van der Waals surface area contributed by atoms with Crippen molar-refractivity contribution < 1.29 is 0 Å². The maximum atomic E-state index is 8.95. The number of rotatable bonds is 3. The molecular weight excluding hydrogens is 210 g/mol. The highest BCUT2D eigenvalue weighted by Crippen LogP contribution is 2.23. The summed E-state index contributed by atoms with van der Waals surface area (Å²) < 4.78 is 0. The first-order valence-corrected chi connectivity index (χ1v) is 6.37. The minimum Gasteiger partial charge on any atom is -0.310 e. The molecule has 1 aromatic heterocycles. The zero-order valence-electron chi connectivity index (χ0n) is 10.3. The van der Waals surface area contributed by atoms with E-state index in [1.165, 1.54) is 25.7 Å². The van der Waals surface area contributed by atoms with Crippen LogP contribution in [-0.2, 0) is 6.54 Å². The van der Waals surface area contributed by atoms with Crippen molar-refractivity contribution in [3.8, 4) is 6.07 Å². The summed E-state index contributed by atoms with van der Waals surface area (Å²) in [6, 6.07) is 6.61. The fourth-order valence-corrected chi connectivity index (χ4v) is 2.40. The van der Waals surface area contributed by atoms with E-state index in [1.54, 1.807) is 6.20 Å². The highest BCUT2D eigenvalue weighted by molar-refractivity contribution is 5.30. The molecule has 0 aliphatic heterocycles. The van der Waals surface area contributed by atoms with Crippen LogP contribution in [-0.4, -0.2) is 11.0 Å². The minimum absolute atomic E-state index is 0.546. The molecule has 0 atom stereocenters. The van der Waals surface area contributed by atoms with E-state index in [1.807, 2.05) is 12.1 Å². The molecule has 3 nitrogen and oxygen atoms in total. The van der Waals surface area contributed by atoms with Gasteiger partial charge in [-0.3, -0.25) is 0 Å². The van der Waals surface area contributed by atoms with Crippen LogP contribution in [0.15, 0.2) is 18.3 Å². The lowest BCUT2D eigenvalue weighted by Gasteiger charge is -2.27. The molecule has 1 aromatic rings. The van der Waals surface area contributed by atoms with Crippen molar-refractivity contribution in [1.29, 1.82) is 5.26 Å². The first-order chi connectivity index (χ1) is 8.29. The lowest BCUT2D eigenvalue weighted by Crippen LogP contribution is -2.32. The summed E-state index contributed by atoms with van der Waals surface area (Å²) in [6.45, 7) is 3.08. The predicted octanol–water partition coefficient (Wildman–Crippen LogP) is 2.62. The molecule has 1 heterocycles. The number of hydrogen-bond donors (Lipinski definition) is 1. The van der Waals surface area contributed by atoms with E-state index >= 15 is 0 Å². The highest BCUT2D eigenvalue weighted by atomic mass is 14.9. The molecular formula is C14H19N3. The molecule has 1 aliphatic rings.